The van der Waals surface area contributed by atoms with Crippen molar-refractivity contribution in [1.82, 2.24) is 24.7 Å². The average molecular weight is 565 g/mol. The molecule has 0 radical (unpaired) electrons. The van der Waals surface area contributed by atoms with Crippen LogP contribution < -0.4 is 10.1 Å². The van der Waals surface area contributed by atoms with E-state index < -0.39 is 0 Å². The Kier molecular flexibility index (Phi) is 7.07. The highest BCUT2D eigenvalue weighted by Crippen LogP contribution is 2.31. The molecule has 0 aliphatic rings. The molecule has 0 unspecified atom stereocenters. The summed E-state index contributed by atoms with van der Waals surface area (Å²) in [5.41, 5.74) is 6.55. The Labute approximate surface area is 248 Å². The third kappa shape index (κ3) is 5.46. The van der Waals surface area contributed by atoms with Crippen LogP contribution in [0.4, 0.5) is 5.82 Å². The molecule has 3 heterocycles. The smallest absolute Gasteiger partial charge is 0.229 e. The third-order valence-electron chi connectivity index (χ3n) is 7.00. The summed E-state index contributed by atoms with van der Waals surface area (Å²) in [5, 5.41) is 8.50. The Morgan fingerprint density at radius 2 is 1.40 bits per heavy atom. The molecule has 0 bridgehead atoms. The van der Waals surface area contributed by atoms with Crippen molar-refractivity contribution in [2.24, 2.45) is 0 Å². The third-order valence-corrected chi connectivity index (χ3v) is 7.00. The van der Waals surface area contributed by atoms with Crippen LogP contribution in [0.15, 0.2) is 126 Å². The summed E-state index contributed by atoms with van der Waals surface area (Å²) < 4.78 is 13.8. The van der Waals surface area contributed by atoms with Crippen LogP contribution in [0.5, 0.6) is 5.75 Å². The molecule has 7 aromatic rings. The van der Waals surface area contributed by atoms with Crippen LogP contribution in [0, 0.1) is 0 Å². The molecule has 0 amide bonds. The maximum absolute atomic E-state index is 6.26. The Bertz CT molecular complexity index is 1970. The van der Waals surface area contributed by atoms with Gasteiger partial charge in [-0.15, -0.1) is 0 Å². The number of benzene rings is 4. The number of oxazole rings is 1. The van der Waals surface area contributed by atoms with E-state index in [1.807, 2.05) is 133 Å². The van der Waals surface area contributed by atoms with E-state index in [2.05, 4.69) is 5.32 Å². The molecule has 0 saturated carbocycles. The highest BCUT2D eigenvalue weighted by atomic mass is 16.5. The lowest BCUT2D eigenvalue weighted by Crippen LogP contribution is -2.04. The van der Waals surface area contributed by atoms with E-state index in [9.17, 15) is 0 Å². The maximum Gasteiger partial charge on any atom is 0.229 e. The molecular formula is C35H28N6O2. The van der Waals surface area contributed by atoms with Crippen molar-refractivity contribution in [1.29, 1.82) is 0 Å². The van der Waals surface area contributed by atoms with Crippen LogP contribution in [-0.2, 0) is 6.54 Å². The molecule has 210 valence electrons. The lowest BCUT2D eigenvalue weighted by atomic mass is 10.1. The van der Waals surface area contributed by atoms with Gasteiger partial charge in [-0.05, 0) is 55.5 Å². The fourth-order valence-electron chi connectivity index (χ4n) is 4.91. The Morgan fingerprint density at radius 3 is 2.09 bits per heavy atom. The molecule has 8 heteroatoms. The summed E-state index contributed by atoms with van der Waals surface area (Å²) in [6, 6.07) is 37.7. The van der Waals surface area contributed by atoms with Crippen molar-refractivity contribution >= 4 is 17.0 Å². The van der Waals surface area contributed by atoms with Crippen LogP contribution in [0.25, 0.3) is 51.0 Å². The number of hydrogen-bond donors (Lipinski definition) is 1. The predicted octanol–water partition coefficient (Wildman–Crippen LogP) is 7.82. The molecule has 7 rings (SSSR count). The summed E-state index contributed by atoms with van der Waals surface area (Å²) in [4.78, 5) is 14.4. The predicted molar refractivity (Wildman–Crippen MR) is 168 cm³/mol. The van der Waals surface area contributed by atoms with Crippen LogP contribution >= 0.6 is 0 Å². The van der Waals surface area contributed by atoms with Gasteiger partial charge >= 0.3 is 0 Å². The summed E-state index contributed by atoms with van der Waals surface area (Å²) in [6.45, 7) is 3.03. The largest absolute Gasteiger partial charge is 0.494 e. The van der Waals surface area contributed by atoms with Gasteiger partial charge in [-0.3, -0.25) is 0 Å². The second kappa shape index (κ2) is 11.6. The van der Waals surface area contributed by atoms with E-state index in [0.717, 1.165) is 39.4 Å². The molecule has 8 nitrogen and oxygen atoms in total. The van der Waals surface area contributed by atoms with E-state index in [1.54, 1.807) is 0 Å². The van der Waals surface area contributed by atoms with Crippen LogP contribution in [0.1, 0.15) is 12.5 Å². The zero-order chi connectivity index (χ0) is 29.0. The highest BCUT2D eigenvalue weighted by Gasteiger charge is 2.19. The Balaban J connectivity index is 1.29. The van der Waals surface area contributed by atoms with Gasteiger partial charge in [0.15, 0.2) is 11.6 Å². The number of para-hydroxylation sites is 1. The number of rotatable bonds is 9. The van der Waals surface area contributed by atoms with Crippen molar-refractivity contribution in [3.05, 3.63) is 127 Å². The van der Waals surface area contributed by atoms with Gasteiger partial charge < -0.3 is 14.5 Å². The molecular weight excluding hydrogens is 536 g/mol. The lowest BCUT2D eigenvalue weighted by molar-refractivity contribution is 0.340. The van der Waals surface area contributed by atoms with Crippen LogP contribution in [0.2, 0.25) is 0 Å². The van der Waals surface area contributed by atoms with Gasteiger partial charge in [0.05, 0.1) is 18.0 Å². The molecule has 43 heavy (non-hydrogen) atoms. The van der Waals surface area contributed by atoms with Crippen molar-refractivity contribution in [2.45, 2.75) is 13.5 Å². The number of aromatic nitrogens is 5. The molecule has 0 aliphatic heterocycles. The minimum absolute atomic E-state index is 0.442. The van der Waals surface area contributed by atoms with Crippen molar-refractivity contribution in [3.63, 3.8) is 0 Å². The first-order valence-corrected chi connectivity index (χ1v) is 14.2. The van der Waals surface area contributed by atoms with Crippen molar-refractivity contribution < 1.29 is 9.15 Å². The number of fused-ring (bicyclic) bond motifs is 1. The topological polar surface area (TPSA) is 90.9 Å². The van der Waals surface area contributed by atoms with Crippen LogP contribution in [0.3, 0.4) is 0 Å². The highest BCUT2D eigenvalue weighted by molar-refractivity contribution is 5.85. The summed E-state index contributed by atoms with van der Waals surface area (Å²) in [7, 11) is 0. The molecule has 0 spiro atoms. The average Bonchev–Trinajstić information content (AvgIpc) is 3.71. The summed E-state index contributed by atoms with van der Waals surface area (Å²) >= 11 is 0. The van der Waals surface area contributed by atoms with Gasteiger partial charge in [0.25, 0.3) is 0 Å². The van der Waals surface area contributed by atoms with Crippen molar-refractivity contribution in [2.75, 3.05) is 11.9 Å². The van der Waals surface area contributed by atoms with E-state index in [1.165, 1.54) is 0 Å². The van der Waals surface area contributed by atoms with Gasteiger partial charge in [-0.25, -0.2) is 14.6 Å². The van der Waals surface area contributed by atoms with Crippen LogP contribution in [-0.4, -0.2) is 31.3 Å². The quantitative estimate of drug-likeness (QED) is 0.191. The molecule has 0 atom stereocenters. The van der Waals surface area contributed by atoms with Crippen molar-refractivity contribution in [3.8, 4) is 45.5 Å². The fourth-order valence-corrected chi connectivity index (χ4v) is 4.91. The molecule has 0 aliphatic carbocycles. The van der Waals surface area contributed by atoms with E-state index in [0.29, 0.717) is 41.9 Å². The summed E-state index contributed by atoms with van der Waals surface area (Å²) in [6.07, 6.45) is 2.04. The first kappa shape index (κ1) is 26.2. The Morgan fingerprint density at radius 1 is 0.721 bits per heavy atom. The van der Waals surface area contributed by atoms with Gasteiger partial charge in [0, 0.05) is 35.0 Å². The van der Waals surface area contributed by atoms with Gasteiger partial charge in [0.2, 0.25) is 17.1 Å². The second-order valence-corrected chi connectivity index (χ2v) is 9.89. The number of ether oxygens (including phenoxy) is 1. The van der Waals surface area contributed by atoms with Gasteiger partial charge in [0.1, 0.15) is 5.75 Å². The molecule has 0 saturated heterocycles. The number of nitrogens with zero attached hydrogens (tertiary/aromatic N) is 5. The fraction of sp³-hybridized carbons (Fsp3) is 0.0857. The molecule has 0 fully saturated rings. The SMILES string of the molecule is CCOc1ccc(-c2nn(-c3ccccc3)cc2CNc2nc(-c3ccccc3)nc3nc(-c4ccccc4)oc23)cc1. The van der Waals surface area contributed by atoms with E-state index >= 15 is 0 Å². The Hall–Kier alpha value is -5.76. The molecule has 3 aromatic heterocycles. The number of hydrogen-bond acceptors (Lipinski definition) is 7. The standard InChI is InChI=1S/C35H28N6O2/c1-2-42-29-20-18-24(19-21-29)30-27(23-41(40-30)28-16-10-5-11-17-28)22-36-33-31-34(38-32(37-33)25-12-6-3-7-13-25)39-35(43-31)26-14-8-4-9-15-26/h3-21,23H,2,22H2,1H3,(H,36,37,38). The maximum atomic E-state index is 6.26. The van der Waals surface area contributed by atoms with Gasteiger partial charge in [-0.2, -0.15) is 10.1 Å². The monoisotopic (exact) mass is 564 g/mol. The summed E-state index contributed by atoms with van der Waals surface area (Å²) in [5.74, 6) is 2.44. The first-order valence-electron chi connectivity index (χ1n) is 14.2. The number of anilines is 1. The minimum atomic E-state index is 0.442. The second-order valence-electron chi connectivity index (χ2n) is 9.89. The molecule has 1 N–H and O–H groups in total. The number of nitrogens with one attached hydrogen (secondary N) is 1. The zero-order valence-electron chi connectivity index (χ0n) is 23.5. The first-order chi connectivity index (χ1) is 21.2. The lowest BCUT2D eigenvalue weighted by Gasteiger charge is -2.09. The molecule has 4 aromatic carbocycles. The van der Waals surface area contributed by atoms with E-state index in [4.69, 9.17) is 29.2 Å². The normalized spacial score (nSPS) is 11.1. The minimum Gasteiger partial charge on any atom is -0.494 e. The van der Waals surface area contributed by atoms with E-state index in [-0.39, 0.29) is 0 Å². The van der Waals surface area contributed by atoms with Gasteiger partial charge in [-0.1, -0.05) is 66.7 Å². The zero-order valence-corrected chi connectivity index (χ0v) is 23.5.